The lowest BCUT2D eigenvalue weighted by Crippen LogP contribution is -2.70. The summed E-state index contributed by atoms with van der Waals surface area (Å²) in [6, 6.07) is 22.3. The van der Waals surface area contributed by atoms with Crippen molar-refractivity contribution in [2.24, 2.45) is 18.9 Å². The van der Waals surface area contributed by atoms with Gasteiger partial charge in [0.05, 0.1) is 28.4 Å². The Morgan fingerprint density at radius 1 is 0.826 bits per heavy atom. The van der Waals surface area contributed by atoms with Gasteiger partial charge < -0.3 is 24.0 Å². The van der Waals surface area contributed by atoms with E-state index in [-0.39, 0.29) is 84.5 Å². The molecule has 2 N–H and O–H groups in total. The number of ether oxygens (including phenoxy) is 2. The number of ketones is 2. The largest absolute Gasteiger partial charge is 0.493 e. The van der Waals surface area contributed by atoms with Crippen molar-refractivity contribution in [3.05, 3.63) is 112 Å². The Bertz CT molecular complexity index is 3100. The van der Waals surface area contributed by atoms with Gasteiger partial charge in [-0.25, -0.2) is 4.79 Å². The highest BCUT2D eigenvalue weighted by atomic mass is 35.5. The molecule has 16 heteroatoms. The lowest BCUT2D eigenvalue weighted by molar-refractivity contribution is -0.156. The Hall–Kier alpha value is -6.84. The lowest BCUT2D eigenvalue weighted by atomic mass is 9.79. The minimum absolute atomic E-state index is 0.0673. The Morgan fingerprint density at radius 3 is 2.32 bits per heavy atom. The average Bonchev–Trinajstić information content (AvgIpc) is 3.74. The van der Waals surface area contributed by atoms with Gasteiger partial charge in [-0.1, -0.05) is 66.2 Å². The summed E-state index contributed by atoms with van der Waals surface area (Å²) in [5, 5.41) is 21.4. The Kier molecular flexibility index (Phi) is 12.4. The summed E-state index contributed by atoms with van der Waals surface area (Å²) in [6.45, 7) is 5.94. The van der Waals surface area contributed by atoms with Gasteiger partial charge in [0.15, 0.2) is 18.2 Å². The van der Waals surface area contributed by atoms with E-state index in [0.717, 1.165) is 56.4 Å². The normalized spacial score (nSPS) is 20.4. The van der Waals surface area contributed by atoms with Crippen molar-refractivity contribution in [2.75, 3.05) is 32.8 Å². The fraction of sp³-hybridized carbons (Fsp3) is 0.377. The van der Waals surface area contributed by atoms with Crippen LogP contribution in [0.15, 0.2) is 72.8 Å². The number of aryl methyl sites for hydroxylation is 3. The summed E-state index contributed by atoms with van der Waals surface area (Å²) in [7, 11) is 1.88. The van der Waals surface area contributed by atoms with Gasteiger partial charge >= 0.3 is 5.97 Å². The number of piperazine rings is 1. The molecule has 0 spiro atoms. The van der Waals surface area contributed by atoms with E-state index in [1.54, 1.807) is 18.2 Å². The van der Waals surface area contributed by atoms with E-state index in [1.165, 1.54) is 0 Å². The SMILES string of the molecule is Cc1nn(C)c(C)c1-c1c(Cl)ccc2c(CCCOc3cccc4ccccc34)c(C(=O)O)n(CCN3CC4CC(C3)N4C(=O)COc3cccc4c3C(=O)C(C3CCC(=O)NC3=O)CCC4=O)c12. The molecule has 69 heavy (non-hydrogen) atoms. The molecule has 6 aromatic rings. The minimum Gasteiger partial charge on any atom is -0.493 e. The van der Waals surface area contributed by atoms with E-state index >= 15 is 0 Å². The number of carbonyl (C=O) groups is 6. The molecule has 4 atom stereocenters. The monoisotopic (exact) mass is 952 g/mol. The zero-order valence-electron chi connectivity index (χ0n) is 38.8. The van der Waals surface area contributed by atoms with Gasteiger partial charge in [-0.15, -0.1) is 0 Å². The second-order valence-electron chi connectivity index (χ2n) is 18.8. The number of aromatic carboxylic acids is 1. The zero-order chi connectivity index (χ0) is 48.2. The first-order valence-electron chi connectivity index (χ1n) is 23.7. The number of hydrogen-bond donors (Lipinski definition) is 2. The smallest absolute Gasteiger partial charge is 0.352 e. The molecule has 6 heterocycles. The molecule has 356 valence electrons. The summed E-state index contributed by atoms with van der Waals surface area (Å²) in [6.07, 6.45) is 2.39. The molecule has 3 amide bonds. The van der Waals surface area contributed by atoms with E-state index < -0.39 is 29.5 Å². The van der Waals surface area contributed by atoms with Crippen LogP contribution in [-0.2, 0) is 34.4 Å². The quantitative estimate of drug-likeness (QED) is 0.0632. The van der Waals surface area contributed by atoms with Crippen LogP contribution in [-0.4, -0.2) is 109 Å². The molecule has 15 nitrogen and oxygen atoms in total. The highest BCUT2D eigenvalue weighted by molar-refractivity contribution is 6.35. The van der Waals surface area contributed by atoms with Gasteiger partial charge in [0.2, 0.25) is 11.8 Å². The maximum Gasteiger partial charge on any atom is 0.352 e. The van der Waals surface area contributed by atoms with E-state index in [9.17, 15) is 33.9 Å². The van der Waals surface area contributed by atoms with Crippen molar-refractivity contribution in [1.29, 1.82) is 0 Å². The number of fused-ring (bicyclic) bond motifs is 5. The molecule has 2 bridgehead atoms. The first kappa shape index (κ1) is 45.9. The molecule has 1 aliphatic carbocycles. The van der Waals surface area contributed by atoms with Crippen LogP contribution in [0, 0.1) is 25.7 Å². The van der Waals surface area contributed by atoms with Crippen LogP contribution in [0.1, 0.15) is 86.7 Å². The summed E-state index contributed by atoms with van der Waals surface area (Å²) in [4.78, 5) is 83.5. The summed E-state index contributed by atoms with van der Waals surface area (Å²) < 4.78 is 16.1. The highest BCUT2D eigenvalue weighted by Gasteiger charge is 2.47. The van der Waals surface area contributed by atoms with Crippen molar-refractivity contribution in [3.63, 3.8) is 0 Å². The molecule has 0 radical (unpaired) electrons. The number of nitrogens with zero attached hydrogens (tertiary/aromatic N) is 5. The summed E-state index contributed by atoms with van der Waals surface area (Å²) in [5.74, 6) is -3.49. The number of halogens is 1. The van der Waals surface area contributed by atoms with Gasteiger partial charge in [0.1, 0.15) is 17.2 Å². The Morgan fingerprint density at radius 2 is 1.57 bits per heavy atom. The number of nitrogens with one attached hydrogen (secondary N) is 1. The number of Topliss-reactive ketones (excluding diaryl/α,β-unsaturated/α-hetero) is 2. The topological polar surface area (TPSA) is 182 Å². The second-order valence-corrected chi connectivity index (χ2v) is 19.2. The molecule has 4 aromatic carbocycles. The van der Waals surface area contributed by atoms with Crippen molar-refractivity contribution in [3.8, 4) is 22.6 Å². The Labute approximate surface area is 403 Å². The fourth-order valence-electron chi connectivity index (χ4n) is 11.4. The number of carboxylic acids is 1. The maximum absolute atomic E-state index is 14.1. The standard InChI is InChI=1S/C53H53ClN6O9/c1-29-46(30(2)57(3)56-29)48-40(54)19-16-36-35(13-8-24-68-42-14-6-10-31-9-4-5-11-34(31)42)50(53(66)67)59(49(36)48)23-22-58-26-32-25-33(27-58)60(32)45(63)28-69-43-15-7-12-39-41(61)20-17-37(51(64)47(39)43)38-18-21-44(62)55-52(38)65/h4-7,9-12,14-16,19,32-33,37-38H,8,13,17-18,20-28H2,1-3H3,(H,66,67)(H,55,62,65). The second kappa shape index (κ2) is 18.6. The lowest BCUT2D eigenvalue weighted by Gasteiger charge is -2.56. The number of aromatic nitrogens is 3. The molecule has 5 aliphatic rings. The molecule has 11 rings (SSSR count). The number of carboxylic acid groups (broad SMARTS) is 1. The van der Waals surface area contributed by atoms with Crippen LogP contribution in [0.4, 0.5) is 0 Å². The minimum atomic E-state index is -1.04. The van der Waals surface area contributed by atoms with Crippen LogP contribution in [0.3, 0.4) is 0 Å². The van der Waals surface area contributed by atoms with Crippen LogP contribution in [0.5, 0.6) is 11.5 Å². The predicted octanol–water partition coefficient (Wildman–Crippen LogP) is 7.37. The molecule has 0 saturated carbocycles. The van der Waals surface area contributed by atoms with Crippen molar-refractivity contribution in [2.45, 2.75) is 77.4 Å². The first-order chi connectivity index (χ1) is 33.3. The number of piperidine rings is 2. The molecule has 4 aliphatic heterocycles. The van der Waals surface area contributed by atoms with Crippen LogP contribution < -0.4 is 14.8 Å². The van der Waals surface area contributed by atoms with E-state index in [1.807, 2.05) is 89.6 Å². The van der Waals surface area contributed by atoms with E-state index in [0.29, 0.717) is 56.2 Å². The highest BCUT2D eigenvalue weighted by Crippen LogP contribution is 2.43. The van der Waals surface area contributed by atoms with Gasteiger partial charge in [0, 0.05) is 103 Å². The van der Waals surface area contributed by atoms with Crippen molar-refractivity contribution in [1.82, 2.24) is 29.5 Å². The molecule has 4 unspecified atom stereocenters. The zero-order valence-corrected chi connectivity index (χ0v) is 39.5. The first-order valence-corrected chi connectivity index (χ1v) is 24.0. The number of amides is 3. The molecular formula is C53H53ClN6O9. The summed E-state index contributed by atoms with van der Waals surface area (Å²) in [5.41, 5.74) is 5.22. The molecular weight excluding hydrogens is 900 g/mol. The molecule has 2 aromatic heterocycles. The van der Waals surface area contributed by atoms with Crippen LogP contribution in [0.25, 0.3) is 32.8 Å². The third kappa shape index (κ3) is 8.34. The number of carbonyl (C=O) groups excluding carboxylic acids is 5. The predicted molar refractivity (Wildman–Crippen MR) is 258 cm³/mol. The Balaban J connectivity index is 0.861. The van der Waals surface area contributed by atoms with Gasteiger partial charge in [-0.3, -0.25) is 38.9 Å². The van der Waals surface area contributed by atoms with Crippen molar-refractivity contribution >= 4 is 68.5 Å². The van der Waals surface area contributed by atoms with E-state index in [2.05, 4.69) is 10.2 Å². The number of rotatable bonds is 14. The maximum atomic E-state index is 14.1. The van der Waals surface area contributed by atoms with Crippen LogP contribution >= 0.6 is 11.6 Å². The number of benzene rings is 4. The molecule has 4 saturated heterocycles. The fourth-order valence-corrected chi connectivity index (χ4v) is 11.7. The van der Waals surface area contributed by atoms with Crippen molar-refractivity contribution < 1.29 is 43.3 Å². The van der Waals surface area contributed by atoms with Gasteiger partial charge in [-0.05, 0) is 75.1 Å². The average molecular weight is 953 g/mol. The number of hydrogen-bond acceptors (Lipinski definition) is 10. The van der Waals surface area contributed by atoms with Crippen LogP contribution in [0.2, 0.25) is 5.02 Å². The number of imide groups is 1. The third-order valence-corrected chi connectivity index (χ3v) is 15.0. The van der Waals surface area contributed by atoms with Gasteiger partial charge in [0.25, 0.3) is 5.91 Å². The van der Waals surface area contributed by atoms with Gasteiger partial charge in [-0.2, -0.15) is 5.10 Å². The summed E-state index contributed by atoms with van der Waals surface area (Å²) >= 11 is 7.10. The van der Waals surface area contributed by atoms with E-state index in [4.69, 9.17) is 26.2 Å². The molecule has 4 fully saturated rings. The third-order valence-electron chi connectivity index (χ3n) is 14.7.